The summed E-state index contributed by atoms with van der Waals surface area (Å²) in [5.41, 5.74) is 0. The van der Waals surface area contributed by atoms with E-state index in [-0.39, 0.29) is 11.9 Å². The molecule has 0 atom stereocenters. The van der Waals surface area contributed by atoms with E-state index in [9.17, 15) is 9.59 Å². The standard InChI is InChI=1S/C50H102N2O4/c1-7-9-11-13-15-17-19-21-23-25-27-31-35-39-43-51(3,4)45-47-55-49(53)41-37-33-29-30-34-38-42-50(54)56-48-46-52(5,6)44-40-36-32-28-26-24-22-20-18-16-14-12-10-8-2/h7-48H2,1-6H3/q+2. The van der Waals surface area contributed by atoms with Crippen LogP contribution in [0, 0.1) is 0 Å². The minimum Gasteiger partial charge on any atom is -0.460 e. The molecule has 0 rings (SSSR count). The van der Waals surface area contributed by atoms with Crippen LogP contribution in [0.4, 0.5) is 0 Å². The van der Waals surface area contributed by atoms with Crippen LogP contribution in [0.25, 0.3) is 0 Å². The average Bonchev–Trinajstić information content (AvgIpc) is 3.16. The first-order valence-electron chi connectivity index (χ1n) is 25.1. The molecular weight excluding hydrogens is 693 g/mol. The number of unbranched alkanes of at least 4 members (excludes halogenated alkanes) is 31. The van der Waals surface area contributed by atoms with E-state index in [4.69, 9.17) is 9.47 Å². The Bertz CT molecular complexity index is 777. The van der Waals surface area contributed by atoms with Crippen LogP contribution in [0.2, 0.25) is 0 Å². The Morgan fingerprint density at radius 3 is 0.768 bits per heavy atom. The van der Waals surface area contributed by atoms with Crippen LogP contribution in [0.5, 0.6) is 0 Å². The lowest BCUT2D eigenvalue weighted by Gasteiger charge is -2.29. The van der Waals surface area contributed by atoms with E-state index >= 15 is 0 Å². The van der Waals surface area contributed by atoms with Gasteiger partial charge in [0.15, 0.2) is 0 Å². The molecule has 0 spiro atoms. The summed E-state index contributed by atoms with van der Waals surface area (Å²) in [5, 5.41) is 0. The van der Waals surface area contributed by atoms with Gasteiger partial charge in [-0.2, -0.15) is 0 Å². The third kappa shape index (κ3) is 42.5. The molecular formula is C50H102N2O4+2. The molecule has 0 N–H and O–H groups in total. The number of rotatable bonds is 45. The topological polar surface area (TPSA) is 52.6 Å². The number of esters is 2. The van der Waals surface area contributed by atoms with Gasteiger partial charge in [0.05, 0.1) is 41.3 Å². The van der Waals surface area contributed by atoms with Crippen molar-refractivity contribution in [1.82, 2.24) is 0 Å². The van der Waals surface area contributed by atoms with Crippen molar-refractivity contribution < 1.29 is 28.0 Å². The summed E-state index contributed by atoms with van der Waals surface area (Å²) in [6.07, 6.45) is 46.1. The van der Waals surface area contributed by atoms with Crippen molar-refractivity contribution in [3.8, 4) is 0 Å². The second kappa shape index (κ2) is 40.6. The van der Waals surface area contributed by atoms with Gasteiger partial charge in [-0.1, -0.05) is 194 Å². The molecule has 0 amide bonds. The number of ether oxygens (including phenoxy) is 2. The molecule has 6 nitrogen and oxygen atoms in total. The highest BCUT2D eigenvalue weighted by Gasteiger charge is 2.17. The lowest BCUT2D eigenvalue weighted by Crippen LogP contribution is -2.43. The second-order valence-corrected chi connectivity index (χ2v) is 19.0. The summed E-state index contributed by atoms with van der Waals surface area (Å²) in [5.74, 6) is -0.101. The zero-order valence-corrected chi connectivity index (χ0v) is 39.2. The fourth-order valence-electron chi connectivity index (χ4n) is 7.90. The highest BCUT2D eigenvalue weighted by molar-refractivity contribution is 5.69. The van der Waals surface area contributed by atoms with Crippen LogP contribution in [0.1, 0.15) is 245 Å². The van der Waals surface area contributed by atoms with Crippen LogP contribution >= 0.6 is 0 Å². The Hall–Kier alpha value is -1.14. The van der Waals surface area contributed by atoms with Crippen molar-refractivity contribution in [2.45, 2.75) is 245 Å². The monoisotopic (exact) mass is 795 g/mol. The summed E-state index contributed by atoms with van der Waals surface area (Å²) in [6.45, 7) is 9.73. The Labute approximate surface area is 351 Å². The number of hydrogen-bond acceptors (Lipinski definition) is 4. The van der Waals surface area contributed by atoms with Crippen molar-refractivity contribution in [3.05, 3.63) is 0 Å². The van der Waals surface area contributed by atoms with E-state index in [0.717, 1.165) is 73.7 Å². The predicted molar refractivity (Wildman–Crippen MR) is 243 cm³/mol. The lowest BCUT2D eigenvalue weighted by atomic mass is 10.0. The maximum Gasteiger partial charge on any atom is 0.305 e. The van der Waals surface area contributed by atoms with Gasteiger partial charge in [-0.05, 0) is 38.5 Å². The number of carbonyl (C=O) groups excluding carboxylic acids is 2. The van der Waals surface area contributed by atoms with E-state index in [1.807, 2.05) is 0 Å². The minimum atomic E-state index is -0.0503. The normalized spacial score (nSPS) is 12.0. The molecule has 0 saturated heterocycles. The van der Waals surface area contributed by atoms with Gasteiger partial charge in [-0.15, -0.1) is 0 Å². The summed E-state index contributed by atoms with van der Waals surface area (Å²) >= 11 is 0. The molecule has 0 aliphatic carbocycles. The zero-order chi connectivity index (χ0) is 41.3. The Balaban J connectivity index is 3.55. The molecule has 0 heterocycles. The summed E-state index contributed by atoms with van der Waals surface area (Å²) in [4.78, 5) is 24.5. The smallest absolute Gasteiger partial charge is 0.305 e. The second-order valence-electron chi connectivity index (χ2n) is 19.0. The van der Waals surface area contributed by atoms with Gasteiger partial charge < -0.3 is 18.4 Å². The highest BCUT2D eigenvalue weighted by atomic mass is 16.5. The average molecular weight is 795 g/mol. The van der Waals surface area contributed by atoms with E-state index in [1.54, 1.807) is 0 Å². The molecule has 0 bridgehead atoms. The third-order valence-corrected chi connectivity index (χ3v) is 12.2. The highest BCUT2D eigenvalue weighted by Crippen LogP contribution is 2.16. The quantitative estimate of drug-likeness (QED) is 0.0350. The minimum absolute atomic E-state index is 0.0503. The molecule has 0 fully saturated rings. The number of carbonyl (C=O) groups is 2. The number of quaternary nitrogens is 2. The van der Waals surface area contributed by atoms with Gasteiger partial charge in [0, 0.05) is 12.8 Å². The molecule has 0 aromatic carbocycles. The predicted octanol–water partition coefficient (Wildman–Crippen LogP) is 14.3. The van der Waals surface area contributed by atoms with Gasteiger partial charge in [0.25, 0.3) is 0 Å². The largest absolute Gasteiger partial charge is 0.460 e. The summed E-state index contributed by atoms with van der Waals surface area (Å²) in [7, 11) is 9.05. The van der Waals surface area contributed by atoms with E-state index < -0.39 is 0 Å². The molecule has 334 valence electrons. The Morgan fingerprint density at radius 2 is 0.518 bits per heavy atom. The van der Waals surface area contributed by atoms with Gasteiger partial charge in [0.1, 0.15) is 26.3 Å². The molecule has 0 aromatic heterocycles. The molecule has 0 saturated carbocycles. The van der Waals surface area contributed by atoms with Gasteiger partial charge in [0.2, 0.25) is 0 Å². The van der Waals surface area contributed by atoms with Crippen LogP contribution < -0.4 is 0 Å². The first kappa shape index (κ1) is 54.9. The van der Waals surface area contributed by atoms with Gasteiger partial charge >= 0.3 is 11.9 Å². The summed E-state index contributed by atoms with van der Waals surface area (Å²) in [6, 6.07) is 0. The fourth-order valence-corrected chi connectivity index (χ4v) is 7.90. The van der Waals surface area contributed by atoms with Gasteiger partial charge in [-0.25, -0.2) is 0 Å². The van der Waals surface area contributed by atoms with Crippen LogP contribution in [0.3, 0.4) is 0 Å². The van der Waals surface area contributed by atoms with E-state index in [1.165, 1.54) is 180 Å². The number of nitrogens with zero attached hydrogens (tertiary/aromatic N) is 2. The fraction of sp³-hybridized carbons (Fsp3) is 0.960. The molecule has 56 heavy (non-hydrogen) atoms. The van der Waals surface area contributed by atoms with Gasteiger partial charge in [-0.3, -0.25) is 9.59 Å². The first-order chi connectivity index (χ1) is 27.1. The van der Waals surface area contributed by atoms with Crippen molar-refractivity contribution in [3.63, 3.8) is 0 Å². The zero-order valence-electron chi connectivity index (χ0n) is 39.2. The molecule has 0 aliphatic heterocycles. The van der Waals surface area contributed by atoms with Crippen molar-refractivity contribution in [1.29, 1.82) is 0 Å². The SMILES string of the molecule is CCCCCCCCCCCCCCCC[N+](C)(C)CCOC(=O)CCCCCCCCC(=O)OCC[N+](C)(C)CCCCCCCCCCCCCCCC. The third-order valence-electron chi connectivity index (χ3n) is 12.2. The van der Waals surface area contributed by atoms with Crippen molar-refractivity contribution >= 4 is 11.9 Å². The number of likely N-dealkylation sites (N-methyl/N-ethyl adjacent to an activating group) is 2. The van der Waals surface area contributed by atoms with Crippen LogP contribution in [0.15, 0.2) is 0 Å². The summed E-state index contributed by atoms with van der Waals surface area (Å²) < 4.78 is 13.0. The molecule has 0 aliphatic rings. The molecule has 0 unspecified atom stereocenters. The van der Waals surface area contributed by atoms with Crippen LogP contribution in [-0.2, 0) is 19.1 Å². The van der Waals surface area contributed by atoms with Crippen LogP contribution in [-0.4, -0.2) is 88.5 Å². The first-order valence-corrected chi connectivity index (χ1v) is 25.1. The Morgan fingerprint density at radius 1 is 0.304 bits per heavy atom. The number of hydrogen-bond donors (Lipinski definition) is 0. The maximum absolute atomic E-state index is 12.3. The molecule has 0 radical (unpaired) electrons. The Kier molecular flexibility index (Phi) is 39.8. The van der Waals surface area contributed by atoms with E-state index in [0.29, 0.717) is 26.1 Å². The van der Waals surface area contributed by atoms with Crippen molar-refractivity contribution in [2.75, 3.05) is 67.6 Å². The van der Waals surface area contributed by atoms with E-state index in [2.05, 4.69) is 42.0 Å². The lowest BCUT2D eigenvalue weighted by molar-refractivity contribution is -0.890. The molecule has 0 aromatic rings. The molecule has 6 heteroatoms. The maximum atomic E-state index is 12.3. The van der Waals surface area contributed by atoms with Crippen molar-refractivity contribution in [2.24, 2.45) is 0 Å².